The molecule has 2 aromatic carbocycles. The van der Waals surface area contributed by atoms with Gasteiger partial charge in [0.05, 0.1) is 12.2 Å². The van der Waals surface area contributed by atoms with Gasteiger partial charge in [-0.3, -0.25) is 0 Å². The molecule has 6 heteroatoms. The molecule has 0 amide bonds. The summed E-state index contributed by atoms with van der Waals surface area (Å²) in [4.78, 5) is 14.5. The molecule has 0 saturated heterocycles. The van der Waals surface area contributed by atoms with E-state index in [0.717, 1.165) is 90.6 Å². The molecule has 1 unspecified atom stereocenters. The number of rotatable bonds is 6. The van der Waals surface area contributed by atoms with Crippen LogP contribution in [-0.2, 0) is 33.7 Å². The number of hydrogen-bond donors (Lipinski definition) is 1. The summed E-state index contributed by atoms with van der Waals surface area (Å²) in [6, 6.07) is 1.62. The van der Waals surface area contributed by atoms with Crippen molar-refractivity contribution in [3.05, 3.63) is 50.8 Å². The van der Waals surface area contributed by atoms with E-state index < -0.39 is 11.7 Å². The lowest BCUT2D eigenvalue weighted by molar-refractivity contribution is -0.178. The second kappa shape index (κ2) is 12.5. The van der Waals surface area contributed by atoms with Crippen molar-refractivity contribution in [1.29, 1.82) is 0 Å². The molecule has 1 N–H and O–H groups in total. The van der Waals surface area contributed by atoms with Gasteiger partial charge < -0.3 is 19.5 Å². The Hall–Kier alpha value is -2.44. The van der Waals surface area contributed by atoms with Gasteiger partial charge in [-0.05, 0) is 143 Å². The summed E-state index contributed by atoms with van der Waals surface area (Å²) in [5.74, 6) is 0.943. The summed E-state index contributed by atoms with van der Waals surface area (Å²) in [6.45, 7) is 21.1. The molecular formula is C37H52FNO4. The maximum absolute atomic E-state index is 15.7. The highest BCUT2D eigenvalue weighted by atomic mass is 19.1. The van der Waals surface area contributed by atoms with Gasteiger partial charge in [-0.15, -0.1) is 0 Å². The first-order valence-electron chi connectivity index (χ1n) is 16.5. The summed E-state index contributed by atoms with van der Waals surface area (Å²) in [5.41, 5.74) is 8.47. The SMILES string of the molecule is Cc1c(-c2c(C)c3c(c(C)c2C(OC(C)(C)C)C(=O)O[C@H]2C[C@H](C)CC[C@H]2C(C)C)CCNC3)cc(F)c2c1CCCO2. The highest BCUT2D eigenvalue weighted by Gasteiger charge is 2.40. The number of hydrogen-bond acceptors (Lipinski definition) is 5. The normalized spacial score (nSPS) is 22.9. The molecule has 5 rings (SSSR count). The molecule has 1 fully saturated rings. The summed E-state index contributed by atoms with van der Waals surface area (Å²) in [6.07, 6.45) is 4.50. The van der Waals surface area contributed by atoms with E-state index in [1.54, 1.807) is 6.07 Å². The Bertz CT molecular complexity index is 1370. The van der Waals surface area contributed by atoms with E-state index in [1.807, 2.05) is 20.8 Å². The van der Waals surface area contributed by atoms with Crippen LogP contribution < -0.4 is 10.1 Å². The van der Waals surface area contributed by atoms with Crippen molar-refractivity contribution in [3.8, 4) is 16.9 Å². The predicted octanol–water partition coefficient (Wildman–Crippen LogP) is 8.25. The van der Waals surface area contributed by atoms with Gasteiger partial charge in [-0.1, -0.05) is 27.2 Å². The topological polar surface area (TPSA) is 56.8 Å². The Morgan fingerprint density at radius 1 is 1.05 bits per heavy atom. The molecule has 4 atom stereocenters. The Kier molecular flexibility index (Phi) is 9.30. The van der Waals surface area contributed by atoms with E-state index in [0.29, 0.717) is 30.1 Å². The van der Waals surface area contributed by atoms with Crippen molar-refractivity contribution in [2.45, 2.75) is 125 Å². The number of nitrogens with one attached hydrogen (secondary N) is 1. The summed E-state index contributed by atoms with van der Waals surface area (Å²) >= 11 is 0. The lowest BCUT2D eigenvalue weighted by atomic mass is 9.75. The minimum atomic E-state index is -0.936. The van der Waals surface area contributed by atoms with Crippen molar-refractivity contribution in [2.24, 2.45) is 17.8 Å². The minimum absolute atomic E-state index is 0.144. The van der Waals surface area contributed by atoms with Crippen molar-refractivity contribution >= 4 is 5.97 Å². The minimum Gasteiger partial charge on any atom is -0.490 e. The van der Waals surface area contributed by atoms with Crippen LogP contribution in [0.1, 0.15) is 112 Å². The zero-order chi connectivity index (χ0) is 31.2. The number of esters is 1. The zero-order valence-corrected chi connectivity index (χ0v) is 27.8. The van der Waals surface area contributed by atoms with Crippen LogP contribution in [0.15, 0.2) is 6.07 Å². The molecular weight excluding hydrogens is 541 g/mol. The molecule has 0 spiro atoms. The number of carbonyl (C=O) groups is 1. The second-order valence-corrected chi connectivity index (χ2v) is 14.6. The van der Waals surface area contributed by atoms with Crippen LogP contribution in [0.3, 0.4) is 0 Å². The van der Waals surface area contributed by atoms with Crippen molar-refractivity contribution in [3.63, 3.8) is 0 Å². The first kappa shape index (κ1) is 32.0. The van der Waals surface area contributed by atoms with E-state index in [1.165, 1.54) is 11.1 Å². The Balaban J connectivity index is 1.72. The van der Waals surface area contributed by atoms with Crippen LogP contribution in [0, 0.1) is 44.3 Å². The van der Waals surface area contributed by atoms with Gasteiger partial charge in [0.1, 0.15) is 6.10 Å². The van der Waals surface area contributed by atoms with Crippen LogP contribution in [0.4, 0.5) is 4.39 Å². The molecule has 2 heterocycles. The van der Waals surface area contributed by atoms with Gasteiger partial charge in [0.2, 0.25) is 0 Å². The van der Waals surface area contributed by atoms with Crippen LogP contribution in [0.25, 0.3) is 11.1 Å². The van der Waals surface area contributed by atoms with Crippen LogP contribution in [0.2, 0.25) is 0 Å². The fourth-order valence-corrected chi connectivity index (χ4v) is 7.79. The molecule has 3 aliphatic rings. The molecule has 236 valence electrons. The van der Waals surface area contributed by atoms with Gasteiger partial charge in [0.15, 0.2) is 17.7 Å². The first-order valence-corrected chi connectivity index (χ1v) is 16.5. The quantitative estimate of drug-likeness (QED) is 0.342. The van der Waals surface area contributed by atoms with E-state index in [-0.39, 0.29) is 17.9 Å². The average Bonchev–Trinajstić information content (AvgIpc) is 2.95. The largest absolute Gasteiger partial charge is 0.490 e. The zero-order valence-electron chi connectivity index (χ0n) is 27.8. The molecule has 43 heavy (non-hydrogen) atoms. The van der Waals surface area contributed by atoms with Gasteiger partial charge in [0, 0.05) is 17.7 Å². The van der Waals surface area contributed by atoms with E-state index in [4.69, 9.17) is 14.2 Å². The van der Waals surface area contributed by atoms with Gasteiger partial charge in [0.25, 0.3) is 0 Å². The molecule has 2 aromatic rings. The van der Waals surface area contributed by atoms with Crippen molar-refractivity contribution < 1.29 is 23.4 Å². The third kappa shape index (κ3) is 6.38. The summed E-state index contributed by atoms with van der Waals surface area (Å²) in [7, 11) is 0. The monoisotopic (exact) mass is 593 g/mol. The van der Waals surface area contributed by atoms with E-state index in [2.05, 4.69) is 46.9 Å². The maximum Gasteiger partial charge on any atom is 0.340 e. The van der Waals surface area contributed by atoms with E-state index >= 15 is 4.39 Å². The molecule has 5 nitrogen and oxygen atoms in total. The Morgan fingerprint density at radius 2 is 1.79 bits per heavy atom. The molecule has 2 aliphatic heterocycles. The molecule has 0 bridgehead atoms. The molecule has 0 radical (unpaired) electrons. The smallest absolute Gasteiger partial charge is 0.340 e. The average molecular weight is 594 g/mol. The third-order valence-electron chi connectivity index (χ3n) is 10.1. The van der Waals surface area contributed by atoms with E-state index in [9.17, 15) is 4.79 Å². The second-order valence-electron chi connectivity index (χ2n) is 14.6. The predicted molar refractivity (Wildman–Crippen MR) is 170 cm³/mol. The fourth-order valence-electron chi connectivity index (χ4n) is 7.79. The Labute approximate surface area is 258 Å². The standard InChI is InChI=1S/C37H52FNO4/c1-20(2)25-13-12-21(3)17-31(25)42-36(40)35(43-37(7,8)9)33-23(5)26-14-15-39-19-29(26)24(6)32(33)28-18-30(38)34-27(22(28)4)11-10-16-41-34/h18,20-21,25,31,35,39H,10-17,19H2,1-9H3/t21-,25+,31+,35?/m1/s1. The van der Waals surface area contributed by atoms with Crippen LogP contribution in [0.5, 0.6) is 5.75 Å². The summed E-state index contributed by atoms with van der Waals surface area (Å²) < 4.78 is 34.7. The number of fused-ring (bicyclic) bond motifs is 2. The van der Waals surface area contributed by atoms with Crippen LogP contribution >= 0.6 is 0 Å². The summed E-state index contributed by atoms with van der Waals surface area (Å²) in [5, 5.41) is 3.53. The molecule has 0 aromatic heterocycles. The van der Waals surface area contributed by atoms with Gasteiger partial charge >= 0.3 is 5.97 Å². The highest BCUT2D eigenvalue weighted by molar-refractivity contribution is 5.86. The van der Waals surface area contributed by atoms with Gasteiger partial charge in [-0.25, -0.2) is 9.18 Å². The lowest BCUT2D eigenvalue weighted by Crippen LogP contribution is -2.39. The number of benzene rings is 2. The van der Waals surface area contributed by atoms with Gasteiger partial charge in [-0.2, -0.15) is 0 Å². The number of ether oxygens (including phenoxy) is 3. The highest BCUT2D eigenvalue weighted by Crippen LogP contribution is 2.46. The first-order chi connectivity index (χ1) is 20.3. The maximum atomic E-state index is 15.7. The molecule has 1 aliphatic carbocycles. The fraction of sp³-hybridized carbons (Fsp3) is 0.649. The number of carbonyl (C=O) groups excluding carboxylic acids is 1. The lowest BCUT2D eigenvalue weighted by Gasteiger charge is -2.38. The Morgan fingerprint density at radius 3 is 2.49 bits per heavy atom. The van der Waals surface area contributed by atoms with Crippen LogP contribution in [-0.4, -0.2) is 30.8 Å². The molecule has 1 saturated carbocycles. The van der Waals surface area contributed by atoms with Crippen molar-refractivity contribution in [2.75, 3.05) is 13.2 Å². The third-order valence-corrected chi connectivity index (χ3v) is 10.1. The number of halogens is 1. The van der Waals surface area contributed by atoms with Crippen molar-refractivity contribution in [1.82, 2.24) is 5.32 Å².